The first-order valence-corrected chi connectivity index (χ1v) is 7.41. The summed E-state index contributed by atoms with van der Waals surface area (Å²) in [4.78, 5) is 12.2. The van der Waals surface area contributed by atoms with Crippen LogP contribution in [0.2, 0.25) is 0 Å². The standard InChI is InChI=1S/C12H20BrNO3/c13-9-12(3-6-16-7-4-12)14-11(15)10-2-1-5-17-8-10/h10H,1-9H2,(H,14,15). The van der Waals surface area contributed by atoms with E-state index in [4.69, 9.17) is 9.47 Å². The number of carbonyl (C=O) groups excluding carboxylic acids is 1. The Bertz CT molecular complexity index is 260. The Morgan fingerprint density at radius 2 is 2.06 bits per heavy atom. The molecule has 4 nitrogen and oxygen atoms in total. The second-order valence-electron chi connectivity index (χ2n) is 4.93. The van der Waals surface area contributed by atoms with Gasteiger partial charge in [-0.15, -0.1) is 0 Å². The average molecular weight is 306 g/mol. The first-order chi connectivity index (χ1) is 8.26. The number of halogens is 1. The van der Waals surface area contributed by atoms with Crippen LogP contribution in [0.5, 0.6) is 0 Å². The molecule has 2 aliphatic rings. The molecule has 2 rings (SSSR count). The van der Waals surface area contributed by atoms with Crippen LogP contribution < -0.4 is 5.32 Å². The third-order valence-electron chi connectivity index (χ3n) is 3.63. The zero-order chi connectivity index (χ0) is 12.1. The van der Waals surface area contributed by atoms with E-state index in [2.05, 4.69) is 21.2 Å². The van der Waals surface area contributed by atoms with Crippen LogP contribution in [0.4, 0.5) is 0 Å². The van der Waals surface area contributed by atoms with Gasteiger partial charge in [0.05, 0.1) is 18.1 Å². The Labute approximate surface area is 111 Å². The summed E-state index contributed by atoms with van der Waals surface area (Å²) in [6, 6.07) is 0. The van der Waals surface area contributed by atoms with Crippen LogP contribution in [0, 0.1) is 5.92 Å². The first-order valence-electron chi connectivity index (χ1n) is 6.29. The smallest absolute Gasteiger partial charge is 0.225 e. The summed E-state index contributed by atoms with van der Waals surface area (Å²) >= 11 is 3.52. The topological polar surface area (TPSA) is 47.6 Å². The monoisotopic (exact) mass is 305 g/mol. The Morgan fingerprint density at radius 3 is 2.65 bits per heavy atom. The predicted molar refractivity (Wildman–Crippen MR) is 68.3 cm³/mol. The summed E-state index contributed by atoms with van der Waals surface area (Å²) < 4.78 is 10.7. The van der Waals surface area contributed by atoms with Crippen molar-refractivity contribution < 1.29 is 14.3 Å². The van der Waals surface area contributed by atoms with E-state index in [1.165, 1.54) is 0 Å². The van der Waals surface area contributed by atoms with Crippen LogP contribution in [0.1, 0.15) is 25.7 Å². The number of alkyl halides is 1. The fourth-order valence-electron chi connectivity index (χ4n) is 2.37. The minimum absolute atomic E-state index is 0.0301. The molecule has 1 atom stereocenters. The zero-order valence-electron chi connectivity index (χ0n) is 10.0. The van der Waals surface area contributed by atoms with Gasteiger partial charge in [0.15, 0.2) is 0 Å². The molecule has 0 aliphatic carbocycles. The van der Waals surface area contributed by atoms with Crippen LogP contribution in [-0.4, -0.2) is 43.2 Å². The number of rotatable bonds is 3. The quantitative estimate of drug-likeness (QED) is 0.803. The Kier molecular flexibility index (Phi) is 4.82. The van der Waals surface area contributed by atoms with Crippen LogP contribution in [0.25, 0.3) is 0 Å². The van der Waals surface area contributed by atoms with Gasteiger partial charge in [-0.05, 0) is 25.7 Å². The molecule has 0 spiro atoms. The maximum absolute atomic E-state index is 12.2. The summed E-state index contributed by atoms with van der Waals surface area (Å²) in [5.74, 6) is 0.175. The van der Waals surface area contributed by atoms with Gasteiger partial charge in [-0.3, -0.25) is 4.79 Å². The van der Waals surface area contributed by atoms with E-state index in [1.54, 1.807) is 0 Å². The van der Waals surface area contributed by atoms with Gasteiger partial charge in [-0.1, -0.05) is 15.9 Å². The van der Waals surface area contributed by atoms with Gasteiger partial charge < -0.3 is 14.8 Å². The highest BCUT2D eigenvalue weighted by Crippen LogP contribution is 2.24. The maximum Gasteiger partial charge on any atom is 0.225 e. The molecule has 0 bridgehead atoms. The Morgan fingerprint density at radius 1 is 1.29 bits per heavy atom. The third-order valence-corrected chi connectivity index (χ3v) is 4.70. The summed E-state index contributed by atoms with van der Waals surface area (Å²) in [5.41, 5.74) is -0.118. The molecule has 0 aromatic rings. The highest BCUT2D eigenvalue weighted by molar-refractivity contribution is 9.09. The van der Waals surface area contributed by atoms with Crippen molar-refractivity contribution in [1.29, 1.82) is 0 Å². The number of amides is 1. The van der Waals surface area contributed by atoms with Crippen molar-refractivity contribution in [2.45, 2.75) is 31.2 Å². The number of hydrogen-bond donors (Lipinski definition) is 1. The number of hydrogen-bond acceptors (Lipinski definition) is 3. The molecule has 0 saturated carbocycles. The summed E-state index contributed by atoms with van der Waals surface area (Å²) in [6.07, 6.45) is 3.71. The van der Waals surface area contributed by atoms with Crippen molar-refractivity contribution in [2.75, 3.05) is 31.8 Å². The number of carbonyl (C=O) groups is 1. The molecule has 1 unspecified atom stereocenters. The minimum Gasteiger partial charge on any atom is -0.381 e. The average Bonchev–Trinajstić information content (AvgIpc) is 2.41. The lowest BCUT2D eigenvalue weighted by molar-refractivity contribution is -0.131. The van der Waals surface area contributed by atoms with Gasteiger partial charge >= 0.3 is 0 Å². The van der Waals surface area contributed by atoms with Gasteiger partial charge in [0.25, 0.3) is 0 Å². The van der Waals surface area contributed by atoms with Gasteiger partial charge in [0, 0.05) is 25.2 Å². The Hall–Kier alpha value is -0.130. The van der Waals surface area contributed by atoms with Gasteiger partial charge in [-0.25, -0.2) is 0 Å². The van der Waals surface area contributed by atoms with Crippen molar-refractivity contribution in [3.05, 3.63) is 0 Å². The van der Waals surface area contributed by atoms with Crippen LogP contribution in [0.3, 0.4) is 0 Å². The lowest BCUT2D eigenvalue weighted by Gasteiger charge is -2.38. The van der Waals surface area contributed by atoms with Crippen molar-refractivity contribution >= 4 is 21.8 Å². The largest absolute Gasteiger partial charge is 0.381 e. The second-order valence-corrected chi connectivity index (χ2v) is 5.49. The van der Waals surface area contributed by atoms with E-state index in [-0.39, 0.29) is 17.4 Å². The molecule has 2 fully saturated rings. The summed E-state index contributed by atoms with van der Waals surface area (Å²) in [5, 5.41) is 4.00. The van der Waals surface area contributed by atoms with E-state index < -0.39 is 0 Å². The molecule has 0 aromatic heterocycles. The van der Waals surface area contributed by atoms with E-state index in [1.807, 2.05) is 0 Å². The van der Waals surface area contributed by atoms with Crippen molar-refractivity contribution in [1.82, 2.24) is 5.32 Å². The number of nitrogens with one attached hydrogen (secondary N) is 1. The molecule has 0 aromatic carbocycles. The lowest BCUT2D eigenvalue weighted by atomic mass is 9.90. The Balaban J connectivity index is 1.90. The first kappa shape index (κ1) is 13.3. The highest BCUT2D eigenvalue weighted by Gasteiger charge is 2.35. The summed E-state index contributed by atoms with van der Waals surface area (Å²) in [7, 11) is 0. The molecule has 2 saturated heterocycles. The highest BCUT2D eigenvalue weighted by atomic mass is 79.9. The molecular weight excluding hydrogens is 286 g/mol. The van der Waals surface area contributed by atoms with Crippen LogP contribution in [0.15, 0.2) is 0 Å². The van der Waals surface area contributed by atoms with E-state index in [9.17, 15) is 4.79 Å². The molecule has 1 N–H and O–H groups in total. The van der Waals surface area contributed by atoms with Gasteiger partial charge in [0.2, 0.25) is 5.91 Å². The minimum atomic E-state index is -0.118. The maximum atomic E-state index is 12.2. The fraction of sp³-hybridized carbons (Fsp3) is 0.917. The number of ether oxygens (including phenoxy) is 2. The predicted octanol–water partition coefficient (Wildman–Crippen LogP) is 1.47. The van der Waals surface area contributed by atoms with Gasteiger partial charge in [0.1, 0.15) is 0 Å². The molecule has 1 amide bonds. The molecule has 0 radical (unpaired) electrons. The van der Waals surface area contributed by atoms with Gasteiger partial charge in [-0.2, -0.15) is 0 Å². The van der Waals surface area contributed by atoms with Crippen LogP contribution >= 0.6 is 15.9 Å². The molecule has 2 aliphatic heterocycles. The molecule has 2 heterocycles. The van der Waals surface area contributed by atoms with Crippen molar-refractivity contribution in [3.8, 4) is 0 Å². The van der Waals surface area contributed by atoms with E-state index >= 15 is 0 Å². The van der Waals surface area contributed by atoms with Crippen LogP contribution in [-0.2, 0) is 14.3 Å². The van der Waals surface area contributed by atoms with E-state index in [0.29, 0.717) is 6.61 Å². The zero-order valence-corrected chi connectivity index (χ0v) is 11.6. The van der Waals surface area contributed by atoms with Crippen molar-refractivity contribution in [2.24, 2.45) is 5.92 Å². The summed E-state index contributed by atoms with van der Waals surface area (Å²) in [6.45, 7) is 2.82. The van der Waals surface area contributed by atoms with E-state index in [0.717, 1.165) is 50.8 Å². The normalized spacial score (nSPS) is 28.6. The molecule has 98 valence electrons. The second kappa shape index (κ2) is 6.16. The SMILES string of the molecule is O=C(NC1(CBr)CCOCC1)C1CCCOC1. The van der Waals surface area contributed by atoms with Crippen molar-refractivity contribution in [3.63, 3.8) is 0 Å². The lowest BCUT2D eigenvalue weighted by Crippen LogP contribution is -2.55. The molecule has 5 heteroatoms. The fourth-order valence-corrected chi connectivity index (χ4v) is 3.07. The molecule has 17 heavy (non-hydrogen) atoms. The third kappa shape index (κ3) is 3.42. The molecular formula is C12H20BrNO3.